The number of thiophene rings is 1. The van der Waals surface area contributed by atoms with Crippen LogP contribution in [0.2, 0.25) is 0 Å². The fraction of sp³-hybridized carbons (Fsp3) is 0.455. The zero-order chi connectivity index (χ0) is 21.4. The maximum Gasteiger partial charge on any atom is 0.341 e. The Labute approximate surface area is 182 Å². The summed E-state index contributed by atoms with van der Waals surface area (Å²) in [6.45, 7) is 12.8. The monoisotopic (exact) mass is 431 g/mol. The Kier molecular flexibility index (Phi) is 6.03. The van der Waals surface area contributed by atoms with Gasteiger partial charge in [0.25, 0.3) is 0 Å². The SMILES string of the molecule is CCOC(=O)c1c(NC(=S)Nc2cccc(C)c2)sc2c1CC(C)(C)NC2(C)C. The molecular weight excluding hydrogens is 402 g/mol. The first-order valence-corrected chi connectivity index (χ1v) is 11.0. The molecule has 0 radical (unpaired) electrons. The second kappa shape index (κ2) is 8.05. The highest BCUT2D eigenvalue weighted by Gasteiger charge is 2.42. The summed E-state index contributed by atoms with van der Waals surface area (Å²) >= 11 is 7.10. The molecule has 29 heavy (non-hydrogen) atoms. The third-order valence-electron chi connectivity index (χ3n) is 4.83. The normalized spacial score (nSPS) is 16.6. The Hall–Kier alpha value is -1.96. The van der Waals surface area contributed by atoms with Crippen molar-refractivity contribution < 1.29 is 9.53 Å². The van der Waals surface area contributed by atoms with Gasteiger partial charge in [-0.1, -0.05) is 12.1 Å². The molecule has 0 atom stereocenters. The van der Waals surface area contributed by atoms with E-state index in [1.54, 1.807) is 11.3 Å². The minimum Gasteiger partial charge on any atom is -0.462 e. The van der Waals surface area contributed by atoms with E-state index in [-0.39, 0.29) is 17.0 Å². The van der Waals surface area contributed by atoms with Crippen LogP contribution in [-0.2, 0) is 16.7 Å². The van der Waals surface area contributed by atoms with E-state index in [9.17, 15) is 4.79 Å². The van der Waals surface area contributed by atoms with Crippen LogP contribution in [0.25, 0.3) is 0 Å². The minimum atomic E-state index is -0.306. The molecule has 1 aromatic carbocycles. The van der Waals surface area contributed by atoms with Gasteiger partial charge in [0.1, 0.15) is 5.00 Å². The highest BCUT2D eigenvalue weighted by atomic mass is 32.1. The van der Waals surface area contributed by atoms with Crippen LogP contribution in [0.3, 0.4) is 0 Å². The molecule has 0 bridgehead atoms. The Morgan fingerprint density at radius 1 is 1.28 bits per heavy atom. The molecule has 1 aliphatic heterocycles. The minimum absolute atomic E-state index is 0.129. The highest BCUT2D eigenvalue weighted by molar-refractivity contribution is 7.80. The van der Waals surface area contributed by atoms with Gasteiger partial charge in [-0.3, -0.25) is 0 Å². The third-order valence-corrected chi connectivity index (χ3v) is 6.50. The van der Waals surface area contributed by atoms with Crippen molar-refractivity contribution in [2.45, 2.75) is 59.0 Å². The molecule has 0 fully saturated rings. The zero-order valence-electron chi connectivity index (χ0n) is 17.9. The van der Waals surface area contributed by atoms with Crippen molar-refractivity contribution in [3.8, 4) is 0 Å². The van der Waals surface area contributed by atoms with Gasteiger partial charge in [-0.05, 0) is 83.4 Å². The van der Waals surface area contributed by atoms with Gasteiger partial charge in [0.2, 0.25) is 0 Å². The molecule has 0 spiro atoms. The lowest BCUT2D eigenvalue weighted by molar-refractivity contribution is 0.0526. The van der Waals surface area contributed by atoms with E-state index in [0.717, 1.165) is 33.1 Å². The summed E-state index contributed by atoms with van der Waals surface area (Å²) in [5.74, 6) is -0.306. The zero-order valence-corrected chi connectivity index (χ0v) is 19.5. The molecule has 0 aliphatic carbocycles. The molecule has 2 aromatic rings. The Balaban J connectivity index is 1.97. The molecule has 1 aromatic heterocycles. The van der Waals surface area contributed by atoms with E-state index >= 15 is 0 Å². The van der Waals surface area contributed by atoms with E-state index in [2.05, 4.69) is 43.6 Å². The van der Waals surface area contributed by atoms with Crippen LogP contribution in [0.5, 0.6) is 0 Å². The first kappa shape index (κ1) is 21.7. The van der Waals surface area contributed by atoms with Gasteiger partial charge in [0.15, 0.2) is 5.11 Å². The number of aryl methyl sites for hydroxylation is 1. The molecule has 156 valence electrons. The molecule has 0 saturated carbocycles. The Morgan fingerprint density at radius 2 is 2.00 bits per heavy atom. The van der Waals surface area contributed by atoms with E-state index in [4.69, 9.17) is 17.0 Å². The van der Waals surface area contributed by atoms with Gasteiger partial charge in [0, 0.05) is 21.6 Å². The number of nitrogens with one attached hydrogen (secondary N) is 3. The van der Waals surface area contributed by atoms with Crippen molar-refractivity contribution in [1.29, 1.82) is 0 Å². The summed E-state index contributed by atoms with van der Waals surface area (Å²) in [7, 11) is 0. The number of anilines is 2. The van der Waals surface area contributed by atoms with Crippen molar-refractivity contribution in [3.05, 3.63) is 45.8 Å². The molecule has 7 heteroatoms. The molecule has 5 nitrogen and oxygen atoms in total. The Bertz CT molecular complexity index is 948. The van der Waals surface area contributed by atoms with Gasteiger partial charge in [-0.15, -0.1) is 11.3 Å². The highest BCUT2D eigenvalue weighted by Crippen LogP contribution is 2.45. The summed E-state index contributed by atoms with van der Waals surface area (Å²) in [6, 6.07) is 7.99. The van der Waals surface area contributed by atoms with Gasteiger partial charge < -0.3 is 20.7 Å². The smallest absolute Gasteiger partial charge is 0.341 e. The van der Waals surface area contributed by atoms with Gasteiger partial charge in [0.05, 0.1) is 12.2 Å². The number of rotatable bonds is 4. The summed E-state index contributed by atoms with van der Waals surface area (Å²) < 4.78 is 5.39. The van der Waals surface area contributed by atoms with Crippen LogP contribution in [0.1, 0.15) is 61.0 Å². The van der Waals surface area contributed by atoms with Crippen LogP contribution >= 0.6 is 23.6 Å². The maximum absolute atomic E-state index is 12.9. The summed E-state index contributed by atoms with van der Waals surface area (Å²) in [4.78, 5) is 14.0. The fourth-order valence-corrected chi connectivity index (χ4v) is 5.58. The summed E-state index contributed by atoms with van der Waals surface area (Å²) in [5.41, 5.74) is 3.31. The molecule has 3 N–H and O–H groups in total. The van der Waals surface area contributed by atoms with Crippen molar-refractivity contribution in [2.24, 2.45) is 0 Å². The number of hydrogen-bond donors (Lipinski definition) is 3. The average Bonchev–Trinajstić information content (AvgIpc) is 2.91. The molecule has 0 amide bonds. The largest absolute Gasteiger partial charge is 0.462 e. The summed E-state index contributed by atoms with van der Waals surface area (Å²) in [5, 5.41) is 11.3. The third kappa shape index (κ3) is 4.79. The van der Waals surface area contributed by atoms with Crippen molar-refractivity contribution in [2.75, 3.05) is 17.2 Å². The lowest BCUT2D eigenvalue weighted by Crippen LogP contribution is -2.55. The van der Waals surface area contributed by atoms with Crippen LogP contribution in [-0.4, -0.2) is 23.2 Å². The van der Waals surface area contributed by atoms with Crippen molar-refractivity contribution in [1.82, 2.24) is 5.32 Å². The number of thiocarbonyl (C=S) groups is 1. The standard InChI is InChI=1S/C22H29N3O2S2/c1-7-27-19(26)16-15-12-21(3,4)25-22(5,6)17(15)29-18(16)24-20(28)23-14-10-8-9-13(2)11-14/h8-11,25H,7,12H2,1-6H3,(H2,23,24,28). The fourth-order valence-electron chi connectivity index (χ4n) is 4.02. The lowest BCUT2D eigenvalue weighted by atomic mass is 9.81. The van der Waals surface area contributed by atoms with Crippen molar-refractivity contribution >= 4 is 45.3 Å². The van der Waals surface area contributed by atoms with E-state index < -0.39 is 0 Å². The van der Waals surface area contributed by atoms with E-state index in [1.807, 2.05) is 38.1 Å². The summed E-state index contributed by atoms with van der Waals surface area (Å²) in [6.07, 6.45) is 0.746. The number of ether oxygens (including phenoxy) is 1. The van der Waals surface area contributed by atoms with Gasteiger partial charge in [-0.25, -0.2) is 4.79 Å². The molecule has 0 saturated heterocycles. The molecule has 2 heterocycles. The topological polar surface area (TPSA) is 62.4 Å². The first-order valence-electron chi connectivity index (χ1n) is 9.79. The predicted octanol–water partition coefficient (Wildman–Crippen LogP) is 5.20. The number of fused-ring (bicyclic) bond motifs is 1. The first-order chi connectivity index (χ1) is 13.5. The maximum atomic E-state index is 12.9. The number of carbonyl (C=O) groups excluding carboxylic acids is 1. The van der Waals surface area contributed by atoms with Crippen LogP contribution < -0.4 is 16.0 Å². The van der Waals surface area contributed by atoms with Gasteiger partial charge >= 0.3 is 5.97 Å². The molecule has 1 aliphatic rings. The number of hydrogen-bond acceptors (Lipinski definition) is 5. The molecule has 0 unspecified atom stereocenters. The number of esters is 1. The lowest BCUT2D eigenvalue weighted by Gasteiger charge is -2.42. The molecule has 3 rings (SSSR count). The number of carbonyl (C=O) groups is 1. The van der Waals surface area contributed by atoms with E-state index in [0.29, 0.717) is 17.3 Å². The average molecular weight is 432 g/mol. The predicted molar refractivity (Wildman–Crippen MR) is 125 cm³/mol. The second-order valence-electron chi connectivity index (χ2n) is 8.59. The van der Waals surface area contributed by atoms with Crippen LogP contribution in [0.4, 0.5) is 10.7 Å². The van der Waals surface area contributed by atoms with Crippen LogP contribution in [0.15, 0.2) is 24.3 Å². The van der Waals surface area contributed by atoms with E-state index in [1.165, 1.54) is 0 Å². The molecular formula is C22H29N3O2S2. The Morgan fingerprint density at radius 3 is 2.66 bits per heavy atom. The quantitative estimate of drug-likeness (QED) is 0.457. The second-order valence-corrected chi connectivity index (χ2v) is 10.0. The van der Waals surface area contributed by atoms with Gasteiger partial charge in [-0.2, -0.15) is 0 Å². The van der Waals surface area contributed by atoms with Crippen molar-refractivity contribution in [3.63, 3.8) is 0 Å². The number of benzene rings is 1. The van der Waals surface area contributed by atoms with Crippen LogP contribution in [0, 0.1) is 6.92 Å².